The van der Waals surface area contributed by atoms with Crippen LogP contribution in [-0.2, 0) is 4.79 Å². The monoisotopic (exact) mass is 341 g/mol. The average Bonchev–Trinajstić information content (AvgIpc) is 2.92. The third kappa shape index (κ3) is 3.96. The molecule has 3 rings (SSSR count). The zero-order valence-corrected chi connectivity index (χ0v) is 14.2. The Morgan fingerprint density at radius 3 is 2.52 bits per heavy atom. The van der Waals surface area contributed by atoms with Gasteiger partial charge in [0.05, 0.1) is 6.04 Å². The van der Waals surface area contributed by atoms with E-state index in [4.69, 9.17) is 0 Å². The summed E-state index contributed by atoms with van der Waals surface area (Å²) in [6.45, 7) is 4.35. The van der Waals surface area contributed by atoms with E-state index >= 15 is 0 Å². The van der Waals surface area contributed by atoms with Gasteiger partial charge in [0.2, 0.25) is 5.91 Å². The molecule has 1 saturated heterocycles. The average molecular weight is 341 g/mol. The summed E-state index contributed by atoms with van der Waals surface area (Å²) in [6.07, 6.45) is 0.220. The summed E-state index contributed by atoms with van der Waals surface area (Å²) in [5.74, 6) is -0.444. The molecule has 3 amide bonds. The summed E-state index contributed by atoms with van der Waals surface area (Å²) >= 11 is 0. The van der Waals surface area contributed by atoms with Crippen molar-refractivity contribution in [3.63, 3.8) is 0 Å². The normalized spacial score (nSPS) is 16.8. The van der Waals surface area contributed by atoms with E-state index in [2.05, 4.69) is 10.6 Å². The molecule has 2 aromatic carbocycles. The predicted octanol–water partition coefficient (Wildman–Crippen LogP) is 3.37. The van der Waals surface area contributed by atoms with Gasteiger partial charge >= 0.3 is 6.03 Å². The van der Waals surface area contributed by atoms with Crippen LogP contribution >= 0.6 is 0 Å². The molecular weight excluding hydrogens is 321 g/mol. The molecule has 0 unspecified atom stereocenters. The Hall–Kier alpha value is -2.89. The van der Waals surface area contributed by atoms with Gasteiger partial charge in [-0.05, 0) is 61.4 Å². The third-order valence-corrected chi connectivity index (χ3v) is 4.36. The van der Waals surface area contributed by atoms with E-state index in [1.54, 1.807) is 17.0 Å². The van der Waals surface area contributed by atoms with Crippen molar-refractivity contribution in [3.8, 4) is 0 Å². The number of carbonyl (C=O) groups is 2. The maximum atomic E-state index is 13.0. The molecule has 1 atom stereocenters. The van der Waals surface area contributed by atoms with Crippen LogP contribution in [0, 0.1) is 19.7 Å². The Morgan fingerprint density at radius 2 is 1.84 bits per heavy atom. The van der Waals surface area contributed by atoms with Crippen molar-refractivity contribution in [1.82, 2.24) is 5.32 Å². The maximum absolute atomic E-state index is 13.0. The molecule has 1 fully saturated rings. The first-order chi connectivity index (χ1) is 11.9. The van der Waals surface area contributed by atoms with Crippen molar-refractivity contribution in [3.05, 3.63) is 59.4 Å². The fraction of sp³-hybridized carbons (Fsp3) is 0.263. The van der Waals surface area contributed by atoms with Crippen molar-refractivity contribution in [1.29, 1.82) is 0 Å². The summed E-state index contributed by atoms with van der Waals surface area (Å²) in [4.78, 5) is 25.9. The number of benzene rings is 2. The molecule has 0 saturated carbocycles. The van der Waals surface area contributed by atoms with Crippen LogP contribution in [0.5, 0.6) is 0 Å². The van der Waals surface area contributed by atoms with E-state index in [1.165, 1.54) is 12.1 Å². The van der Waals surface area contributed by atoms with E-state index in [1.807, 2.05) is 32.0 Å². The second-order valence-corrected chi connectivity index (χ2v) is 6.28. The second-order valence-electron chi connectivity index (χ2n) is 6.28. The number of carbonyl (C=O) groups excluding carboxylic acids is 2. The predicted molar refractivity (Wildman–Crippen MR) is 95.2 cm³/mol. The summed E-state index contributed by atoms with van der Waals surface area (Å²) < 4.78 is 13.0. The first-order valence-corrected chi connectivity index (χ1v) is 8.13. The van der Waals surface area contributed by atoms with Gasteiger partial charge in [-0.2, -0.15) is 0 Å². The summed E-state index contributed by atoms with van der Waals surface area (Å²) in [7, 11) is 0. The van der Waals surface area contributed by atoms with E-state index in [0.717, 1.165) is 11.1 Å². The molecule has 0 spiro atoms. The maximum Gasteiger partial charge on any atom is 0.319 e. The van der Waals surface area contributed by atoms with Gasteiger partial charge in [0.1, 0.15) is 5.82 Å². The van der Waals surface area contributed by atoms with Crippen molar-refractivity contribution in [2.24, 2.45) is 0 Å². The summed E-state index contributed by atoms with van der Waals surface area (Å²) in [5, 5.41) is 5.60. The highest BCUT2D eigenvalue weighted by atomic mass is 19.1. The van der Waals surface area contributed by atoms with Gasteiger partial charge in [-0.15, -0.1) is 0 Å². The first-order valence-electron chi connectivity index (χ1n) is 8.13. The summed E-state index contributed by atoms with van der Waals surface area (Å²) in [6, 6.07) is 10.8. The van der Waals surface area contributed by atoms with E-state index in [-0.39, 0.29) is 30.2 Å². The molecule has 1 heterocycles. The Balaban J connectivity index is 1.60. The van der Waals surface area contributed by atoms with Crippen LogP contribution in [-0.4, -0.2) is 24.5 Å². The number of nitrogens with zero attached hydrogens (tertiary/aromatic N) is 1. The van der Waals surface area contributed by atoms with Crippen molar-refractivity contribution in [2.75, 3.05) is 16.8 Å². The SMILES string of the molecule is Cc1ccc(NC(=O)N[C@@H]2CC(=O)N(c3ccc(F)cc3)C2)cc1C. The van der Waals surface area contributed by atoms with Gasteiger partial charge in [-0.25, -0.2) is 9.18 Å². The Kier molecular flexibility index (Phi) is 4.70. The minimum Gasteiger partial charge on any atom is -0.333 e. The molecule has 0 aromatic heterocycles. The molecule has 25 heavy (non-hydrogen) atoms. The Labute approximate surface area is 145 Å². The standard InChI is InChI=1S/C19H20FN3O2/c1-12-3-6-15(9-13(12)2)21-19(25)22-16-10-18(24)23(11-16)17-7-4-14(20)5-8-17/h3-9,16H,10-11H2,1-2H3,(H2,21,22,25)/t16-/m1/s1. The number of nitrogens with one attached hydrogen (secondary N) is 2. The van der Waals surface area contributed by atoms with Crippen LogP contribution in [0.4, 0.5) is 20.6 Å². The number of urea groups is 1. The van der Waals surface area contributed by atoms with Gasteiger partial charge in [-0.3, -0.25) is 4.79 Å². The van der Waals surface area contributed by atoms with Gasteiger partial charge in [0, 0.05) is 24.3 Å². The van der Waals surface area contributed by atoms with Crippen LogP contribution in [0.2, 0.25) is 0 Å². The summed E-state index contributed by atoms with van der Waals surface area (Å²) in [5.41, 5.74) is 3.59. The van der Waals surface area contributed by atoms with E-state index < -0.39 is 0 Å². The molecule has 1 aliphatic rings. The Morgan fingerprint density at radius 1 is 1.12 bits per heavy atom. The lowest BCUT2D eigenvalue weighted by Gasteiger charge is -2.17. The number of aryl methyl sites for hydroxylation is 2. The zero-order chi connectivity index (χ0) is 18.0. The molecule has 6 heteroatoms. The highest BCUT2D eigenvalue weighted by Gasteiger charge is 2.31. The number of halogens is 1. The molecule has 2 aromatic rings. The fourth-order valence-electron chi connectivity index (χ4n) is 2.85. The van der Waals surface area contributed by atoms with Crippen LogP contribution in [0.1, 0.15) is 17.5 Å². The van der Waals surface area contributed by atoms with Crippen molar-refractivity contribution < 1.29 is 14.0 Å². The highest BCUT2D eigenvalue weighted by Crippen LogP contribution is 2.22. The number of hydrogen-bond acceptors (Lipinski definition) is 2. The molecular formula is C19H20FN3O2. The minimum atomic E-state index is -0.349. The Bertz CT molecular complexity index is 805. The third-order valence-electron chi connectivity index (χ3n) is 4.36. The molecule has 0 bridgehead atoms. The molecule has 1 aliphatic heterocycles. The first kappa shape index (κ1) is 17.0. The smallest absolute Gasteiger partial charge is 0.319 e. The van der Waals surface area contributed by atoms with Gasteiger partial charge < -0.3 is 15.5 Å². The number of amides is 3. The fourth-order valence-corrected chi connectivity index (χ4v) is 2.85. The molecule has 130 valence electrons. The van der Waals surface area contributed by atoms with E-state index in [9.17, 15) is 14.0 Å². The van der Waals surface area contributed by atoms with Gasteiger partial charge in [0.25, 0.3) is 0 Å². The second kappa shape index (κ2) is 6.93. The quantitative estimate of drug-likeness (QED) is 0.899. The molecule has 2 N–H and O–H groups in total. The number of anilines is 2. The highest BCUT2D eigenvalue weighted by molar-refractivity contribution is 5.97. The number of rotatable bonds is 3. The number of hydrogen-bond donors (Lipinski definition) is 2. The van der Waals surface area contributed by atoms with Crippen LogP contribution in [0.25, 0.3) is 0 Å². The minimum absolute atomic E-state index is 0.0944. The van der Waals surface area contributed by atoms with Crippen molar-refractivity contribution >= 4 is 23.3 Å². The largest absolute Gasteiger partial charge is 0.333 e. The van der Waals surface area contributed by atoms with Crippen LogP contribution in [0.3, 0.4) is 0 Å². The van der Waals surface area contributed by atoms with Crippen molar-refractivity contribution in [2.45, 2.75) is 26.3 Å². The van der Waals surface area contributed by atoms with Crippen LogP contribution < -0.4 is 15.5 Å². The molecule has 0 radical (unpaired) electrons. The van der Waals surface area contributed by atoms with Gasteiger partial charge in [0.15, 0.2) is 0 Å². The molecule has 5 nitrogen and oxygen atoms in total. The topological polar surface area (TPSA) is 61.4 Å². The lowest BCUT2D eigenvalue weighted by molar-refractivity contribution is -0.117. The zero-order valence-electron chi connectivity index (χ0n) is 14.2. The lowest BCUT2D eigenvalue weighted by Crippen LogP contribution is -2.39. The molecule has 0 aliphatic carbocycles. The lowest BCUT2D eigenvalue weighted by atomic mass is 10.1. The van der Waals surface area contributed by atoms with Crippen LogP contribution in [0.15, 0.2) is 42.5 Å². The van der Waals surface area contributed by atoms with E-state index in [0.29, 0.717) is 17.9 Å². The van der Waals surface area contributed by atoms with Gasteiger partial charge in [-0.1, -0.05) is 6.07 Å².